The van der Waals surface area contributed by atoms with Crippen molar-refractivity contribution in [2.75, 3.05) is 31.2 Å². The second-order valence-corrected chi connectivity index (χ2v) is 7.81. The molecule has 2 aromatic rings. The van der Waals surface area contributed by atoms with Crippen molar-refractivity contribution in [3.8, 4) is 11.5 Å². The van der Waals surface area contributed by atoms with Gasteiger partial charge in [-0.25, -0.2) is 0 Å². The highest BCUT2D eigenvalue weighted by Gasteiger charge is 2.35. The monoisotopic (exact) mass is 424 g/mol. The summed E-state index contributed by atoms with van der Waals surface area (Å²) in [4.78, 5) is 27.0. The number of benzene rings is 2. The first kappa shape index (κ1) is 22.7. The lowest BCUT2D eigenvalue weighted by molar-refractivity contribution is -0.126. The Morgan fingerprint density at radius 2 is 1.84 bits per heavy atom. The van der Waals surface area contributed by atoms with Crippen molar-refractivity contribution in [3.05, 3.63) is 53.1 Å². The molecule has 6 heteroatoms. The van der Waals surface area contributed by atoms with Gasteiger partial charge in [0.25, 0.3) is 0 Å². The van der Waals surface area contributed by atoms with E-state index in [-0.39, 0.29) is 24.2 Å². The number of hydrogen-bond acceptors (Lipinski definition) is 4. The molecule has 6 nitrogen and oxygen atoms in total. The van der Waals surface area contributed by atoms with Crippen molar-refractivity contribution in [3.63, 3.8) is 0 Å². The average Bonchev–Trinajstić information content (AvgIpc) is 3.13. The quantitative estimate of drug-likeness (QED) is 0.665. The fourth-order valence-electron chi connectivity index (χ4n) is 3.87. The summed E-state index contributed by atoms with van der Waals surface area (Å²) >= 11 is 0. The fourth-order valence-corrected chi connectivity index (χ4v) is 3.87. The van der Waals surface area contributed by atoms with Gasteiger partial charge in [-0.3, -0.25) is 9.59 Å². The Morgan fingerprint density at radius 1 is 1.10 bits per heavy atom. The van der Waals surface area contributed by atoms with Crippen LogP contribution in [0.25, 0.3) is 0 Å². The summed E-state index contributed by atoms with van der Waals surface area (Å²) in [6.07, 6.45) is 0.927. The van der Waals surface area contributed by atoms with Crippen LogP contribution in [0, 0.1) is 19.8 Å². The summed E-state index contributed by atoms with van der Waals surface area (Å²) in [6, 6.07) is 11.8. The van der Waals surface area contributed by atoms with Crippen molar-refractivity contribution in [1.29, 1.82) is 0 Å². The van der Waals surface area contributed by atoms with Crippen LogP contribution in [0.5, 0.6) is 11.5 Å². The second kappa shape index (κ2) is 10.3. The molecule has 1 heterocycles. The highest BCUT2D eigenvalue weighted by molar-refractivity contribution is 6.00. The van der Waals surface area contributed by atoms with E-state index in [4.69, 9.17) is 9.47 Å². The third-order valence-electron chi connectivity index (χ3n) is 5.68. The molecule has 166 valence electrons. The Balaban J connectivity index is 1.56. The summed E-state index contributed by atoms with van der Waals surface area (Å²) in [5.74, 6) is 1.05. The van der Waals surface area contributed by atoms with Crippen molar-refractivity contribution < 1.29 is 19.1 Å². The highest BCUT2D eigenvalue weighted by Crippen LogP contribution is 2.30. The lowest BCUT2D eigenvalue weighted by Crippen LogP contribution is -2.34. The molecule has 2 amide bonds. The molecular formula is C25H32N2O4. The summed E-state index contributed by atoms with van der Waals surface area (Å²) in [5, 5.41) is 2.99. The Morgan fingerprint density at radius 3 is 2.58 bits per heavy atom. The van der Waals surface area contributed by atoms with Gasteiger partial charge in [-0.1, -0.05) is 18.2 Å². The SMILES string of the molecule is CCOc1ccc(CCNC(=O)C2CC(=O)N(c3cccc(C)c3C)C2)cc1OCC. The smallest absolute Gasteiger partial charge is 0.227 e. The zero-order chi connectivity index (χ0) is 22.4. The Kier molecular flexibility index (Phi) is 7.55. The molecule has 1 aliphatic heterocycles. The minimum atomic E-state index is -0.327. The predicted octanol–water partition coefficient (Wildman–Crippen LogP) is 3.81. The molecule has 1 saturated heterocycles. The van der Waals surface area contributed by atoms with Gasteiger partial charge in [-0.15, -0.1) is 0 Å². The van der Waals surface area contributed by atoms with Crippen molar-refractivity contribution in [2.45, 2.75) is 40.5 Å². The number of aryl methyl sites for hydroxylation is 1. The molecule has 0 bridgehead atoms. The van der Waals surface area contributed by atoms with E-state index in [0.29, 0.717) is 32.7 Å². The summed E-state index contributed by atoms with van der Waals surface area (Å²) in [6.45, 7) is 9.99. The van der Waals surface area contributed by atoms with Gasteiger partial charge in [0.2, 0.25) is 11.8 Å². The molecule has 2 aromatic carbocycles. The standard InChI is InChI=1S/C25H32N2O4/c1-5-30-22-11-10-19(14-23(22)31-6-2)12-13-26-25(29)20-15-24(28)27(16-20)21-9-7-8-17(3)18(21)4/h7-11,14,20H,5-6,12-13,15-16H2,1-4H3,(H,26,29). The lowest BCUT2D eigenvalue weighted by atomic mass is 10.1. The van der Waals surface area contributed by atoms with Crippen LogP contribution in [0.2, 0.25) is 0 Å². The zero-order valence-electron chi connectivity index (χ0n) is 18.9. The lowest BCUT2D eigenvalue weighted by Gasteiger charge is -2.20. The van der Waals surface area contributed by atoms with Crippen molar-refractivity contribution in [1.82, 2.24) is 5.32 Å². The summed E-state index contributed by atoms with van der Waals surface area (Å²) in [7, 11) is 0. The van der Waals surface area contributed by atoms with E-state index in [2.05, 4.69) is 5.32 Å². The molecule has 3 rings (SSSR count). The summed E-state index contributed by atoms with van der Waals surface area (Å²) < 4.78 is 11.3. The third-order valence-corrected chi connectivity index (χ3v) is 5.68. The predicted molar refractivity (Wildman–Crippen MR) is 122 cm³/mol. The Bertz CT molecular complexity index is 941. The first-order valence-electron chi connectivity index (χ1n) is 11.0. The van der Waals surface area contributed by atoms with Gasteiger partial charge in [0, 0.05) is 25.2 Å². The molecule has 0 aromatic heterocycles. The van der Waals surface area contributed by atoms with Crippen molar-refractivity contribution >= 4 is 17.5 Å². The molecular weight excluding hydrogens is 392 g/mol. The molecule has 1 N–H and O–H groups in total. The number of ether oxygens (including phenoxy) is 2. The van der Waals surface area contributed by atoms with Crippen LogP contribution >= 0.6 is 0 Å². The van der Waals surface area contributed by atoms with E-state index in [1.165, 1.54) is 0 Å². The van der Waals surface area contributed by atoms with Gasteiger partial charge in [0.1, 0.15) is 0 Å². The molecule has 1 atom stereocenters. The van der Waals surface area contributed by atoms with E-state index >= 15 is 0 Å². The van der Waals surface area contributed by atoms with Gasteiger partial charge in [0.05, 0.1) is 19.1 Å². The zero-order valence-corrected chi connectivity index (χ0v) is 18.9. The van der Waals surface area contributed by atoms with E-state index in [1.54, 1.807) is 4.90 Å². The Hall–Kier alpha value is -3.02. The molecule has 1 fully saturated rings. The number of anilines is 1. The molecule has 0 aliphatic carbocycles. The van der Waals surface area contributed by atoms with Gasteiger partial charge in [-0.2, -0.15) is 0 Å². The fraction of sp³-hybridized carbons (Fsp3) is 0.440. The van der Waals surface area contributed by atoms with Crippen molar-refractivity contribution in [2.24, 2.45) is 5.92 Å². The maximum absolute atomic E-state index is 12.7. The van der Waals surface area contributed by atoms with Crippen LogP contribution in [0.4, 0.5) is 5.69 Å². The number of carbonyl (C=O) groups is 2. The minimum absolute atomic E-state index is 0.00159. The number of rotatable bonds is 9. The van der Waals surface area contributed by atoms with Crippen LogP contribution in [0.1, 0.15) is 37.0 Å². The van der Waals surface area contributed by atoms with Gasteiger partial charge in [-0.05, 0) is 69.0 Å². The molecule has 0 radical (unpaired) electrons. The normalized spacial score (nSPS) is 15.8. The van der Waals surface area contributed by atoms with E-state index in [0.717, 1.165) is 33.9 Å². The van der Waals surface area contributed by atoms with Crippen LogP contribution in [-0.4, -0.2) is 38.1 Å². The number of nitrogens with one attached hydrogen (secondary N) is 1. The van der Waals surface area contributed by atoms with Gasteiger partial charge >= 0.3 is 0 Å². The summed E-state index contributed by atoms with van der Waals surface area (Å²) in [5.41, 5.74) is 4.18. The number of nitrogens with zero attached hydrogens (tertiary/aromatic N) is 1. The molecule has 0 spiro atoms. The van der Waals surface area contributed by atoms with Gasteiger partial charge < -0.3 is 19.7 Å². The van der Waals surface area contributed by atoms with Crippen LogP contribution in [0.3, 0.4) is 0 Å². The van der Waals surface area contributed by atoms with Gasteiger partial charge in [0.15, 0.2) is 11.5 Å². The largest absolute Gasteiger partial charge is 0.490 e. The minimum Gasteiger partial charge on any atom is -0.490 e. The van der Waals surface area contributed by atoms with E-state index < -0.39 is 0 Å². The average molecular weight is 425 g/mol. The molecule has 0 saturated carbocycles. The number of amides is 2. The first-order valence-corrected chi connectivity index (χ1v) is 11.0. The molecule has 31 heavy (non-hydrogen) atoms. The second-order valence-electron chi connectivity index (χ2n) is 7.81. The van der Waals surface area contributed by atoms with Crippen LogP contribution < -0.4 is 19.7 Å². The van der Waals surface area contributed by atoms with E-state index in [1.807, 2.05) is 64.1 Å². The number of carbonyl (C=O) groups excluding carboxylic acids is 2. The maximum atomic E-state index is 12.7. The Labute approximate surface area is 184 Å². The number of hydrogen-bond donors (Lipinski definition) is 1. The van der Waals surface area contributed by atoms with E-state index in [9.17, 15) is 9.59 Å². The topological polar surface area (TPSA) is 67.9 Å². The third kappa shape index (κ3) is 5.37. The van der Waals surface area contributed by atoms with Crippen LogP contribution in [0.15, 0.2) is 36.4 Å². The highest BCUT2D eigenvalue weighted by atomic mass is 16.5. The first-order chi connectivity index (χ1) is 14.9. The van der Waals surface area contributed by atoms with Crippen LogP contribution in [-0.2, 0) is 16.0 Å². The molecule has 1 unspecified atom stereocenters. The maximum Gasteiger partial charge on any atom is 0.227 e. The molecule has 1 aliphatic rings.